The normalized spacial score (nSPS) is 13.6. The van der Waals surface area contributed by atoms with Crippen molar-refractivity contribution in [3.05, 3.63) is 33.6 Å². The number of hydrogen-bond acceptors (Lipinski definition) is 5. The molecule has 8 heteroatoms. The van der Waals surface area contributed by atoms with Crippen molar-refractivity contribution in [1.82, 2.24) is 15.1 Å². The molecule has 2 aromatic heterocycles. The second-order valence-corrected chi connectivity index (χ2v) is 8.58. The van der Waals surface area contributed by atoms with Crippen LogP contribution in [-0.4, -0.2) is 21.6 Å². The summed E-state index contributed by atoms with van der Waals surface area (Å²) in [7, 11) is 0. The Bertz CT molecular complexity index is 760. The molecule has 1 aliphatic heterocycles. The Morgan fingerprint density at radius 1 is 1.29 bits per heavy atom. The summed E-state index contributed by atoms with van der Waals surface area (Å²) in [6.45, 7) is 6.43. The minimum absolute atomic E-state index is 0.273. The summed E-state index contributed by atoms with van der Waals surface area (Å²) in [6, 6.07) is 3.83. The number of fused-ring (bicyclic) bond motifs is 1. The van der Waals surface area contributed by atoms with Gasteiger partial charge < -0.3 is 10.6 Å². The Balaban J connectivity index is 1.73. The highest BCUT2D eigenvalue weighted by molar-refractivity contribution is 7.98. The van der Waals surface area contributed by atoms with Gasteiger partial charge in [-0.25, -0.2) is 4.68 Å². The number of nitrogens with zero attached hydrogens (tertiary/aromatic N) is 2. The number of thiophene rings is 1. The third-order valence-corrected chi connectivity index (χ3v) is 5.48. The van der Waals surface area contributed by atoms with Crippen molar-refractivity contribution in [3.63, 3.8) is 0 Å². The number of aromatic nitrogens is 2. The molecule has 2 aromatic rings. The van der Waals surface area contributed by atoms with Gasteiger partial charge in [-0.3, -0.25) is 9.59 Å². The van der Waals surface area contributed by atoms with Gasteiger partial charge in [0.05, 0.1) is 17.8 Å². The van der Waals surface area contributed by atoms with E-state index in [0.717, 1.165) is 27.6 Å². The first-order valence-corrected chi connectivity index (χ1v) is 9.70. The topological polar surface area (TPSA) is 76.0 Å². The van der Waals surface area contributed by atoms with Crippen molar-refractivity contribution in [2.45, 2.75) is 44.4 Å². The third-order valence-electron chi connectivity index (χ3n) is 3.63. The zero-order valence-electron chi connectivity index (χ0n) is 13.9. The molecule has 2 amide bonds. The molecule has 0 saturated heterocycles. The van der Waals surface area contributed by atoms with Crippen molar-refractivity contribution in [1.29, 1.82) is 0 Å². The summed E-state index contributed by atoms with van der Waals surface area (Å²) < 4.78 is 1.81. The van der Waals surface area contributed by atoms with Gasteiger partial charge in [0.25, 0.3) is 0 Å². The fourth-order valence-corrected chi connectivity index (χ4v) is 4.13. The summed E-state index contributed by atoms with van der Waals surface area (Å²) in [5.74, 6) is 0.990. The molecular formula is C16H20N4O2S2. The van der Waals surface area contributed by atoms with Crippen LogP contribution >= 0.6 is 23.1 Å². The quantitative estimate of drug-likeness (QED) is 0.821. The van der Waals surface area contributed by atoms with Crippen LogP contribution in [0.1, 0.15) is 36.9 Å². The predicted molar refractivity (Wildman–Crippen MR) is 97.0 cm³/mol. The molecule has 3 heterocycles. The maximum Gasteiger partial charge on any atom is 0.314 e. The first kappa shape index (κ1) is 17.0. The highest BCUT2D eigenvalue weighted by Gasteiger charge is 2.29. The van der Waals surface area contributed by atoms with Crippen LogP contribution in [0.2, 0.25) is 0 Å². The molecule has 0 spiro atoms. The van der Waals surface area contributed by atoms with Crippen molar-refractivity contribution in [3.8, 4) is 0 Å². The van der Waals surface area contributed by atoms with Crippen LogP contribution in [0.15, 0.2) is 17.5 Å². The maximum absolute atomic E-state index is 12.3. The van der Waals surface area contributed by atoms with Crippen molar-refractivity contribution in [2.75, 3.05) is 5.32 Å². The predicted octanol–water partition coefficient (Wildman–Crippen LogP) is 2.70. The van der Waals surface area contributed by atoms with Crippen LogP contribution in [0.3, 0.4) is 0 Å². The molecular weight excluding hydrogens is 344 g/mol. The van der Waals surface area contributed by atoms with E-state index in [-0.39, 0.29) is 5.54 Å². The van der Waals surface area contributed by atoms with Gasteiger partial charge in [-0.2, -0.15) is 16.9 Å². The maximum atomic E-state index is 12.3. The summed E-state index contributed by atoms with van der Waals surface area (Å²) >= 11 is 3.30. The van der Waals surface area contributed by atoms with Crippen LogP contribution in [0.5, 0.6) is 0 Å². The number of anilines is 1. The van der Waals surface area contributed by atoms with Gasteiger partial charge >= 0.3 is 11.8 Å². The highest BCUT2D eigenvalue weighted by atomic mass is 32.2. The fraction of sp³-hybridized carbons (Fsp3) is 0.438. The van der Waals surface area contributed by atoms with E-state index >= 15 is 0 Å². The fourth-order valence-electron chi connectivity index (χ4n) is 2.45. The number of nitrogens with one attached hydrogen (secondary N) is 2. The van der Waals surface area contributed by atoms with Crippen LogP contribution in [0.4, 0.5) is 5.82 Å². The zero-order chi connectivity index (χ0) is 17.3. The minimum atomic E-state index is -0.656. The Hall–Kier alpha value is -1.80. The molecule has 2 N–H and O–H groups in total. The number of carbonyl (C=O) groups excluding carboxylic acids is 2. The van der Waals surface area contributed by atoms with Gasteiger partial charge in [0.2, 0.25) is 0 Å². The smallest absolute Gasteiger partial charge is 0.314 e. The monoisotopic (exact) mass is 364 g/mol. The second-order valence-electron chi connectivity index (χ2n) is 6.57. The standard InChI is InChI=1S/C16H20N4O2S2/c1-16(2,3)20-13(11-8-23-9-12(11)19-20)18-15(22)14(21)17-7-10-5-4-6-24-10/h4-6H,7-9H2,1-3H3,(H,17,21)(H,18,22). The molecule has 0 aromatic carbocycles. The number of hydrogen-bond donors (Lipinski definition) is 2. The van der Waals surface area contributed by atoms with Gasteiger partial charge in [0.1, 0.15) is 5.82 Å². The van der Waals surface area contributed by atoms with Crippen LogP contribution in [0.25, 0.3) is 0 Å². The lowest BCUT2D eigenvalue weighted by Gasteiger charge is -2.23. The first-order valence-electron chi connectivity index (χ1n) is 7.67. The molecule has 0 unspecified atom stereocenters. The largest absolute Gasteiger partial charge is 0.343 e. The Morgan fingerprint density at radius 3 is 2.75 bits per heavy atom. The lowest BCUT2D eigenvalue weighted by molar-refractivity contribution is -0.136. The molecule has 0 atom stereocenters. The Morgan fingerprint density at radius 2 is 2.08 bits per heavy atom. The van der Waals surface area contributed by atoms with Gasteiger partial charge in [-0.1, -0.05) is 6.07 Å². The van der Waals surface area contributed by atoms with E-state index in [0.29, 0.717) is 12.4 Å². The lowest BCUT2D eigenvalue weighted by atomic mass is 10.1. The molecule has 24 heavy (non-hydrogen) atoms. The molecule has 0 aliphatic carbocycles. The van der Waals surface area contributed by atoms with Crippen LogP contribution in [-0.2, 0) is 33.2 Å². The Kier molecular flexibility index (Phi) is 4.69. The average molecular weight is 364 g/mol. The number of thioether (sulfide) groups is 1. The zero-order valence-corrected chi connectivity index (χ0v) is 15.5. The minimum Gasteiger partial charge on any atom is -0.343 e. The number of amides is 2. The van der Waals surface area contributed by atoms with E-state index in [4.69, 9.17) is 0 Å². The summed E-state index contributed by atoms with van der Waals surface area (Å²) in [5.41, 5.74) is 1.74. The molecule has 3 rings (SSSR count). The number of rotatable bonds is 3. The Labute approximate surface area is 149 Å². The molecule has 0 radical (unpaired) electrons. The SMILES string of the molecule is CC(C)(C)n1nc2c(c1NC(=O)C(=O)NCc1cccs1)CSC2. The van der Waals surface area contributed by atoms with Gasteiger partial charge in [0, 0.05) is 21.9 Å². The summed E-state index contributed by atoms with van der Waals surface area (Å²) in [4.78, 5) is 25.4. The van der Waals surface area contributed by atoms with E-state index < -0.39 is 11.8 Å². The van der Waals surface area contributed by atoms with Gasteiger partial charge in [-0.15, -0.1) is 11.3 Å². The van der Waals surface area contributed by atoms with Crippen molar-refractivity contribution >= 4 is 40.7 Å². The molecule has 128 valence electrons. The van der Waals surface area contributed by atoms with Crippen LogP contribution < -0.4 is 10.6 Å². The van der Waals surface area contributed by atoms with Crippen LogP contribution in [0, 0.1) is 0 Å². The van der Waals surface area contributed by atoms with Gasteiger partial charge in [-0.05, 0) is 32.2 Å². The molecule has 1 aliphatic rings. The van der Waals surface area contributed by atoms with E-state index in [1.54, 1.807) is 23.1 Å². The van der Waals surface area contributed by atoms with Crippen molar-refractivity contribution < 1.29 is 9.59 Å². The molecule has 6 nitrogen and oxygen atoms in total. The first-order chi connectivity index (χ1) is 11.4. The second kappa shape index (κ2) is 6.60. The van der Waals surface area contributed by atoms with E-state index in [1.807, 2.05) is 43.0 Å². The van der Waals surface area contributed by atoms with Gasteiger partial charge in [0.15, 0.2) is 0 Å². The highest BCUT2D eigenvalue weighted by Crippen LogP contribution is 2.37. The molecule has 0 bridgehead atoms. The summed E-state index contributed by atoms with van der Waals surface area (Å²) in [6.07, 6.45) is 0. The summed E-state index contributed by atoms with van der Waals surface area (Å²) in [5, 5.41) is 12.0. The van der Waals surface area contributed by atoms with E-state index in [9.17, 15) is 9.59 Å². The van der Waals surface area contributed by atoms with E-state index in [2.05, 4.69) is 15.7 Å². The third kappa shape index (κ3) is 3.49. The van der Waals surface area contributed by atoms with Crippen molar-refractivity contribution in [2.24, 2.45) is 0 Å². The average Bonchev–Trinajstić information content (AvgIpc) is 3.22. The number of carbonyl (C=O) groups is 2. The lowest BCUT2D eigenvalue weighted by Crippen LogP contribution is -2.36. The molecule has 0 saturated carbocycles. The molecule has 0 fully saturated rings. The van der Waals surface area contributed by atoms with E-state index in [1.165, 1.54) is 0 Å².